The van der Waals surface area contributed by atoms with Gasteiger partial charge in [-0.25, -0.2) is 0 Å². The molecular formula is C12H18N2OS. The molecule has 3 N–H and O–H groups in total. The number of nitrogens with one attached hydrogen (secondary N) is 1. The fourth-order valence-corrected chi connectivity index (χ4v) is 3.06. The number of rotatable bonds is 1. The first-order chi connectivity index (χ1) is 7.41. The minimum atomic E-state index is -0.353. The first-order valence-corrected chi connectivity index (χ1v) is 6.38. The van der Waals surface area contributed by atoms with Crippen molar-refractivity contribution in [1.82, 2.24) is 5.32 Å². The minimum absolute atomic E-state index is 0.171. The number of fused-ring (bicyclic) bond motifs is 1. The number of Topliss-reactive ketones (excluding diaryl/α,β-unsaturated/α-hetero) is 1. The van der Waals surface area contributed by atoms with Crippen molar-refractivity contribution in [1.29, 1.82) is 0 Å². The highest BCUT2D eigenvalue weighted by molar-refractivity contribution is 7.16. The van der Waals surface area contributed by atoms with Crippen LogP contribution in [0, 0.1) is 5.41 Å². The lowest BCUT2D eigenvalue weighted by molar-refractivity contribution is 0.0858. The van der Waals surface area contributed by atoms with Crippen molar-refractivity contribution in [3.8, 4) is 0 Å². The van der Waals surface area contributed by atoms with E-state index in [0.717, 1.165) is 25.1 Å². The molecule has 0 radical (unpaired) electrons. The summed E-state index contributed by atoms with van der Waals surface area (Å²) in [4.78, 5) is 13.6. The van der Waals surface area contributed by atoms with Crippen molar-refractivity contribution < 1.29 is 4.79 Å². The molecule has 0 fully saturated rings. The molecule has 0 amide bonds. The van der Waals surface area contributed by atoms with Crippen LogP contribution in [0.3, 0.4) is 0 Å². The normalized spacial score (nSPS) is 15.9. The number of nitrogens with two attached hydrogens (primary N) is 1. The van der Waals surface area contributed by atoms with Crippen LogP contribution in [0.2, 0.25) is 0 Å². The molecule has 88 valence electrons. The summed E-state index contributed by atoms with van der Waals surface area (Å²) in [6, 6.07) is 0. The fourth-order valence-electron chi connectivity index (χ4n) is 1.98. The zero-order valence-electron chi connectivity index (χ0n) is 10.0. The molecule has 0 spiro atoms. The van der Waals surface area contributed by atoms with Crippen LogP contribution in [0.1, 0.15) is 41.6 Å². The first kappa shape index (κ1) is 11.6. The smallest absolute Gasteiger partial charge is 0.171 e. The zero-order chi connectivity index (χ0) is 11.9. The van der Waals surface area contributed by atoms with Gasteiger partial charge < -0.3 is 11.1 Å². The van der Waals surface area contributed by atoms with Crippen LogP contribution in [-0.4, -0.2) is 12.3 Å². The van der Waals surface area contributed by atoms with Gasteiger partial charge in [0.15, 0.2) is 5.78 Å². The highest BCUT2D eigenvalue weighted by Gasteiger charge is 2.30. The lowest BCUT2D eigenvalue weighted by Crippen LogP contribution is -2.26. The van der Waals surface area contributed by atoms with E-state index in [1.165, 1.54) is 10.4 Å². The molecule has 0 aliphatic carbocycles. The lowest BCUT2D eigenvalue weighted by Gasteiger charge is -2.19. The van der Waals surface area contributed by atoms with E-state index in [-0.39, 0.29) is 11.2 Å². The van der Waals surface area contributed by atoms with E-state index in [1.54, 1.807) is 11.3 Å². The first-order valence-electron chi connectivity index (χ1n) is 5.57. The fraction of sp³-hybridized carbons (Fsp3) is 0.583. The Balaban J connectivity index is 2.48. The van der Waals surface area contributed by atoms with Gasteiger partial charge in [-0.15, -0.1) is 11.3 Å². The molecule has 1 aromatic heterocycles. The largest absolute Gasteiger partial charge is 0.390 e. The predicted octanol–water partition coefficient (Wildman–Crippen LogP) is 2.20. The van der Waals surface area contributed by atoms with E-state index in [9.17, 15) is 4.79 Å². The van der Waals surface area contributed by atoms with Gasteiger partial charge in [0, 0.05) is 16.8 Å². The maximum atomic E-state index is 12.3. The quantitative estimate of drug-likeness (QED) is 0.737. The molecule has 2 rings (SSSR count). The minimum Gasteiger partial charge on any atom is -0.390 e. The molecular weight excluding hydrogens is 220 g/mol. The standard InChI is InChI=1S/C12H18N2OS/c1-12(2,3)10(15)9-7-4-5-14-6-8(7)16-11(9)13/h14H,4-6,13H2,1-3H3. The average Bonchev–Trinajstić information content (AvgIpc) is 2.51. The SMILES string of the molecule is CC(C)(C)C(=O)c1c(N)sc2c1CCNC2. The Morgan fingerprint density at radius 3 is 2.75 bits per heavy atom. The summed E-state index contributed by atoms with van der Waals surface area (Å²) in [5, 5.41) is 3.99. The van der Waals surface area contributed by atoms with Gasteiger partial charge in [0.25, 0.3) is 0 Å². The highest BCUT2D eigenvalue weighted by Crippen LogP contribution is 2.36. The van der Waals surface area contributed by atoms with Crippen molar-refractivity contribution in [2.75, 3.05) is 12.3 Å². The number of thiophene rings is 1. The Bertz CT molecular complexity index is 429. The van der Waals surface area contributed by atoms with Crippen LogP contribution in [0.5, 0.6) is 0 Å². The molecule has 0 unspecified atom stereocenters. The summed E-state index contributed by atoms with van der Waals surface area (Å²) in [5.41, 5.74) is 7.60. The molecule has 3 nitrogen and oxygen atoms in total. The summed E-state index contributed by atoms with van der Waals surface area (Å²) < 4.78 is 0. The second-order valence-electron chi connectivity index (χ2n) is 5.25. The van der Waals surface area contributed by atoms with E-state index < -0.39 is 0 Å². The van der Waals surface area contributed by atoms with Gasteiger partial charge in [-0.2, -0.15) is 0 Å². The third-order valence-corrected chi connectivity index (χ3v) is 3.92. The molecule has 4 heteroatoms. The Morgan fingerprint density at radius 2 is 2.12 bits per heavy atom. The Kier molecular flexibility index (Phi) is 2.80. The van der Waals surface area contributed by atoms with Gasteiger partial charge in [0.05, 0.1) is 10.6 Å². The van der Waals surface area contributed by atoms with Crippen molar-refractivity contribution in [2.45, 2.75) is 33.7 Å². The maximum absolute atomic E-state index is 12.3. The van der Waals surface area contributed by atoms with E-state index in [4.69, 9.17) is 5.73 Å². The summed E-state index contributed by atoms with van der Waals surface area (Å²) in [6.07, 6.45) is 0.917. The maximum Gasteiger partial charge on any atom is 0.171 e. The highest BCUT2D eigenvalue weighted by atomic mass is 32.1. The zero-order valence-corrected chi connectivity index (χ0v) is 10.8. The van der Waals surface area contributed by atoms with Crippen molar-refractivity contribution in [3.63, 3.8) is 0 Å². The van der Waals surface area contributed by atoms with Crippen LogP contribution < -0.4 is 11.1 Å². The summed E-state index contributed by atoms with van der Waals surface area (Å²) in [5.74, 6) is 0.171. The Labute approximate surface area is 100 Å². The summed E-state index contributed by atoms with van der Waals surface area (Å²) in [7, 11) is 0. The van der Waals surface area contributed by atoms with Crippen LogP contribution in [0.25, 0.3) is 0 Å². The van der Waals surface area contributed by atoms with Gasteiger partial charge in [-0.05, 0) is 18.5 Å². The number of ketones is 1. The molecule has 2 heterocycles. The Hall–Kier alpha value is -0.870. The number of carbonyl (C=O) groups excluding carboxylic acids is 1. The molecule has 16 heavy (non-hydrogen) atoms. The van der Waals surface area contributed by atoms with Gasteiger partial charge >= 0.3 is 0 Å². The molecule has 0 bridgehead atoms. The second-order valence-corrected chi connectivity index (χ2v) is 6.39. The summed E-state index contributed by atoms with van der Waals surface area (Å²) in [6.45, 7) is 7.62. The molecule has 0 saturated heterocycles. The molecule has 1 aromatic rings. The molecule has 0 aromatic carbocycles. The average molecular weight is 238 g/mol. The van der Waals surface area contributed by atoms with E-state index in [0.29, 0.717) is 5.00 Å². The topological polar surface area (TPSA) is 55.1 Å². The van der Waals surface area contributed by atoms with Crippen molar-refractivity contribution in [2.24, 2.45) is 5.41 Å². The number of hydrogen-bond donors (Lipinski definition) is 2. The van der Waals surface area contributed by atoms with Crippen LogP contribution in [0.15, 0.2) is 0 Å². The number of carbonyl (C=O) groups is 1. The number of hydrogen-bond acceptors (Lipinski definition) is 4. The molecule has 0 saturated carbocycles. The number of anilines is 1. The van der Waals surface area contributed by atoms with Gasteiger partial charge in [0.1, 0.15) is 0 Å². The van der Waals surface area contributed by atoms with Crippen LogP contribution >= 0.6 is 11.3 Å². The Morgan fingerprint density at radius 1 is 1.44 bits per heavy atom. The van der Waals surface area contributed by atoms with E-state index in [1.807, 2.05) is 20.8 Å². The molecule has 0 atom stereocenters. The van der Waals surface area contributed by atoms with Crippen LogP contribution in [-0.2, 0) is 13.0 Å². The van der Waals surface area contributed by atoms with Crippen molar-refractivity contribution in [3.05, 3.63) is 16.0 Å². The van der Waals surface area contributed by atoms with Gasteiger partial charge in [-0.1, -0.05) is 20.8 Å². The van der Waals surface area contributed by atoms with E-state index in [2.05, 4.69) is 5.32 Å². The van der Waals surface area contributed by atoms with Gasteiger partial charge in [0.2, 0.25) is 0 Å². The predicted molar refractivity (Wildman–Crippen MR) is 67.9 cm³/mol. The second kappa shape index (κ2) is 3.86. The van der Waals surface area contributed by atoms with Gasteiger partial charge in [-0.3, -0.25) is 4.79 Å². The molecule has 1 aliphatic rings. The third-order valence-electron chi connectivity index (χ3n) is 2.86. The number of nitrogen functional groups attached to an aromatic ring is 1. The van der Waals surface area contributed by atoms with Crippen LogP contribution in [0.4, 0.5) is 5.00 Å². The van der Waals surface area contributed by atoms with Crippen molar-refractivity contribution >= 4 is 22.1 Å². The lowest BCUT2D eigenvalue weighted by atomic mass is 9.84. The monoisotopic (exact) mass is 238 g/mol. The molecule has 1 aliphatic heterocycles. The summed E-state index contributed by atoms with van der Waals surface area (Å²) >= 11 is 1.56. The van der Waals surface area contributed by atoms with E-state index >= 15 is 0 Å². The third kappa shape index (κ3) is 1.87.